The van der Waals surface area contributed by atoms with Gasteiger partial charge in [0.2, 0.25) is 0 Å². The van der Waals surface area contributed by atoms with Gasteiger partial charge >= 0.3 is 0 Å². The smallest absolute Gasteiger partial charge is 0.288 e. The average Bonchev–Trinajstić information content (AvgIpc) is 2.48. The van der Waals surface area contributed by atoms with Crippen LogP contribution in [0.1, 0.15) is 15.9 Å². The molecule has 0 spiro atoms. The lowest BCUT2D eigenvalue weighted by Gasteiger charge is -2.07. The summed E-state index contributed by atoms with van der Waals surface area (Å²) in [6.07, 6.45) is 0. The lowest BCUT2D eigenvalue weighted by molar-refractivity contribution is -0.385. The number of hydrogen-bond acceptors (Lipinski definition) is 4. The molecule has 0 radical (unpaired) electrons. The topological polar surface area (TPSA) is 72.2 Å². The molecule has 0 aliphatic carbocycles. The third kappa shape index (κ3) is 4.49. The minimum Gasteiger partial charge on any atom is -0.322 e. The molecule has 0 atom stereocenters. The number of carbonyl (C=O) groups excluding carboxylic acids is 1. The van der Waals surface area contributed by atoms with E-state index >= 15 is 0 Å². The molecule has 0 aliphatic heterocycles. The van der Waals surface area contributed by atoms with Crippen LogP contribution in [0.15, 0.2) is 47.4 Å². The SMILES string of the molecule is Cc1cc(C(=O)Nc2ccc(SC(F)F)cc2)ccc1[N+](=O)[O-]. The number of halogens is 2. The van der Waals surface area contributed by atoms with E-state index in [1.54, 1.807) is 6.92 Å². The fourth-order valence-corrected chi connectivity index (χ4v) is 2.42. The van der Waals surface area contributed by atoms with E-state index in [2.05, 4.69) is 5.32 Å². The summed E-state index contributed by atoms with van der Waals surface area (Å²) in [4.78, 5) is 22.7. The van der Waals surface area contributed by atoms with Gasteiger partial charge < -0.3 is 5.32 Å². The second-order valence-corrected chi connectivity index (χ2v) is 5.68. The van der Waals surface area contributed by atoms with Gasteiger partial charge in [-0.15, -0.1) is 0 Å². The molecule has 2 aromatic rings. The lowest BCUT2D eigenvalue weighted by atomic mass is 10.1. The first kappa shape index (κ1) is 16.9. The van der Waals surface area contributed by atoms with Gasteiger partial charge in [0, 0.05) is 27.8 Å². The van der Waals surface area contributed by atoms with Crippen molar-refractivity contribution in [3.05, 3.63) is 63.7 Å². The second kappa shape index (κ2) is 7.19. The molecular formula is C15H12F2N2O3S. The first-order valence-corrected chi connectivity index (χ1v) is 7.36. The second-order valence-electron chi connectivity index (χ2n) is 4.62. The molecule has 0 aromatic heterocycles. The molecule has 0 saturated heterocycles. The number of thioether (sulfide) groups is 1. The predicted octanol–water partition coefficient (Wildman–Crippen LogP) is 4.47. The third-order valence-electron chi connectivity index (χ3n) is 2.99. The van der Waals surface area contributed by atoms with Crippen LogP contribution in [-0.2, 0) is 0 Å². The van der Waals surface area contributed by atoms with Crippen LogP contribution in [-0.4, -0.2) is 16.6 Å². The van der Waals surface area contributed by atoms with E-state index in [4.69, 9.17) is 0 Å². The Hall–Kier alpha value is -2.48. The maximum absolute atomic E-state index is 12.2. The fourth-order valence-electron chi connectivity index (χ4n) is 1.92. The number of carbonyl (C=O) groups is 1. The highest BCUT2D eigenvalue weighted by atomic mass is 32.2. The zero-order chi connectivity index (χ0) is 17.0. The molecule has 8 heteroatoms. The number of nitro benzene ring substituents is 1. The van der Waals surface area contributed by atoms with Crippen molar-refractivity contribution in [3.8, 4) is 0 Å². The van der Waals surface area contributed by atoms with Gasteiger partial charge in [-0.1, -0.05) is 11.8 Å². The Labute approximate surface area is 134 Å². The molecule has 0 fully saturated rings. The van der Waals surface area contributed by atoms with Crippen molar-refractivity contribution in [2.75, 3.05) is 5.32 Å². The summed E-state index contributed by atoms with van der Waals surface area (Å²) in [6, 6.07) is 10.0. The lowest BCUT2D eigenvalue weighted by Crippen LogP contribution is -2.12. The molecule has 0 unspecified atom stereocenters. The van der Waals surface area contributed by atoms with E-state index in [0.717, 1.165) is 0 Å². The minimum absolute atomic E-state index is 0.0603. The number of amides is 1. The van der Waals surface area contributed by atoms with E-state index in [-0.39, 0.29) is 11.3 Å². The normalized spacial score (nSPS) is 10.6. The zero-order valence-corrected chi connectivity index (χ0v) is 12.8. The molecule has 0 heterocycles. The number of aryl methyl sites for hydroxylation is 1. The Morgan fingerprint density at radius 2 is 1.87 bits per heavy atom. The summed E-state index contributed by atoms with van der Waals surface area (Å²) in [7, 11) is 0. The van der Waals surface area contributed by atoms with Crippen molar-refractivity contribution in [3.63, 3.8) is 0 Å². The van der Waals surface area contributed by atoms with Crippen molar-refractivity contribution in [1.29, 1.82) is 0 Å². The van der Waals surface area contributed by atoms with Crippen LogP contribution in [0.4, 0.5) is 20.2 Å². The molecule has 2 aromatic carbocycles. The van der Waals surface area contributed by atoms with Gasteiger partial charge in [0.05, 0.1) is 4.92 Å². The molecular weight excluding hydrogens is 326 g/mol. The summed E-state index contributed by atoms with van der Waals surface area (Å²) in [5.41, 5.74) is 1.05. The minimum atomic E-state index is -2.50. The molecule has 5 nitrogen and oxygen atoms in total. The Kier molecular flexibility index (Phi) is 5.28. The molecule has 0 aliphatic rings. The Bertz CT molecular complexity index is 736. The van der Waals surface area contributed by atoms with Crippen molar-refractivity contribution >= 4 is 29.0 Å². The van der Waals surface area contributed by atoms with Crippen molar-refractivity contribution in [2.24, 2.45) is 0 Å². The molecule has 0 bridgehead atoms. The molecule has 23 heavy (non-hydrogen) atoms. The standard InChI is InChI=1S/C15H12F2N2O3S/c1-9-8-10(2-7-13(9)19(21)22)14(20)18-11-3-5-12(6-4-11)23-15(16)17/h2-8,15H,1H3,(H,18,20). The summed E-state index contributed by atoms with van der Waals surface area (Å²) < 4.78 is 24.5. The van der Waals surface area contributed by atoms with Crippen molar-refractivity contribution in [1.82, 2.24) is 0 Å². The zero-order valence-electron chi connectivity index (χ0n) is 12.0. The highest BCUT2D eigenvalue weighted by molar-refractivity contribution is 7.99. The number of benzene rings is 2. The molecule has 1 amide bonds. The van der Waals surface area contributed by atoms with E-state index in [9.17, 15) is 23.7 Å². The van der Waals surface area contributed by atoms with Gasteiger partial charge in [0.25, 0.3) is 17.4 Å². The van der Waals surface area contributed by atoms with Crippen LogP contribution in [0.5, 0.6) is 0 Å². The van der Waals surface area contributed by atoms with Crippen LogP contribution in [0.25, 0.3) is 0 Å². The molecule has 0 saturated carbocycles. The quantitative estimate of drug-likeness (QED) is 0.496. The number of alkyl halides is 2. The third-order valence-corrected chi connectivity index (χ3v) is 3.72. The summed E-state index contributed by atoms with van der Waals surface area (Å²) in [6.45, 7) is 1.55. The van der Waals surface area contributed by atoms with Gasteiger partial charge in [-0.05, 0) is 43.3 Å². The van der Waals surface area contributed by atoms with Gasteiger partial charge in [0.1, 0.15) is 0 Å². The van der Waals surface area contributed by atoms with E-state index < -0.39 is 16.6 Å². The number of anilines is 1. The van der Waals surface area contributed by atoms with Crippen LogP contribution in [0.3, 0.4) is 0 Å². The van der Waals surface area contributed by atoms with Crippen LogP contribution in [0.2, 0.25) is 0 Å². The number of hydrogen-bond donors (Lipinski definition) is 1. The monoisotopic (exact) mass is 338 g/mol. The van der Waals surface area contributed by atoms with Crippen LogP contribution < -0.4 is 5.32 Å². The van der Waals surface area contributed by atoms with Gasteiger partial charge in [0.15, 0.2) is 0 Å². The summed E-state index contributed by atoms with van der Waals surface area (Å²) in [5, 5.41) is 13.4. The first-order chi connectivity index (χ1) is 10.9. The Morgan fingerprint density at radius 3 is 2.39 bits per heavy atom. The average molecular weight is 338 g/mol. The molecule has 2 rings (SSSR count). The Morgan fingerprint density at radius 1 is 1.22 bits per heavy atom. The fraction of sp³-hybridized carbons (Fsp3) is 0.133. The van der Waals surface area contributed by atoms with Gasteiger partial charge in [-0.25, -0.2) is 0 Å². The number of nitro groups is 1. The maximum Gasteiger partial charge on any atom is 0.288 e. The van der Waals surface area contributed by atoms with Crippen molar-refractivity contribution < 1.29 is 18.5 Å². The largest absolute Gasteiger partial charge is 0.322 e. The van der Waals surface area contributed by atoms with Gasteiger partial charge in [-0.2, -0.15) is 8.78 Å². The van der Waals surface area contributed by atoms with E-state index in [0.29, 0.717) is 27.9 Å². The summed E-state index contributed by atoms with van der Waals surface area (Å²) in [5.74, 6) is -2.93. The maximum atomic E-state index is 12.2. The highest BCUT2D eigenvalue weighted by Gasteiger charge is 2.14. The molecule has 1 N–H and O–H groups in total. The Balaban J connectivity index is 2.10. The van der Waals surface area contributed by atoms with Crippen molar-refractivity contribution in [2.45, 2.75) is 17.6 Å². The predicted molar refractivity (Wildman–Crippen MR) is 84.1 cm³/mol. The van der Waals surface area contributed by atoms with Crippen LogP contribution >= 0.6 is 11.8 Å². The van der Waals surface area contributed by atoms with E-state index in [1.165, 1.54) is 42.5 Å². The number of rotatable bonds is 5. The van der Waals surface area contributed by atoms with Crippen LogP contribution in [0, 0.1) is 17.0 Å². The number of nitrogens with one attached hydrogen (secondary N) is 1. The molecule has 120 valence electrons. The summed E-state index contributed by atoms with van der Waals surface area (Å²) >= 11 is 0.419. The van der Waals surface area contributed by atoms with E-state index in [1.807, 2.05) is 0 Å². The highest BCUT2D eigenvalue weighted by Crippen LogP contribution is 2.26. The first-order valence-electron chi connectivity index (χ1n) is 6.48. The van der Waals surface area contributed by atoms with Gasteiger partial charge in [-0.3, -0.25) is 14.9 Å². The number of nitrogens with zero attached hydrogens (tertiary/aromatic N) is 1.